The molecule has 1 saturated heterocycles. The Hall–Kier alpha value is -1.89. The second kappa shape index (κ2) is 9.77. The van der Waals surface area contributed by atoms with E-state index in [2.05, 4.69) is 30.9 Å². The highest BCUT2D eigenvalue weighted by Gasteiger charge is 2.43. The number of hydrogen-bond acceptors (Lipinski definition) is 5. The zero-order chi connectivity index (χ0) is 22.9. The van der Waals surface area contributed by atoms with E-state index in [0.717, 1.165) is 50.6 Å². The Morgan fingerprint density at radius 3 is 2.58 bits per heavy atom. The zero-order valence-electron chi connectivity index (χ0n) is 19.0. The lowest BCUT2D eigenvalue weighted by atomic mass is 9.94. The molecule has 5 rings (SSSR count). The minimum absolute atomic E-state index is 0.00791. The predicted molar refractivity (Wildman–Crippen MR) is 141 cm³/mol. The summed E-state index contributed by atoms with van der Waals surface area (Å²) in [7, 11) is 0. The quantitative estimate of drug-likeness (QED) is 0.410. The van der Waals surface area contributed by atoms with Crippen molar-refractivity contribution in [3.05, 3.63) is 69.1 Å². The zero-order valence-corrected chi connectivity index (χ0v) is 21.3. The lowest BCUT2D eigenvalue weighted by molar-refractivity contribution is -0.124. The van der Waals surface area contributed by atoms with Crippen molar-refractivity contribution >= 4 is 51.9 Å². The summed E-state index contributed by atoms with van der Waals surface area (Å²) >= 11 is 9.51. The van der Waals surface area contributed by atoms with Gasteiger partial charge in [-0.15, -0.1) is 0 Å². The third-order valence-electron chi connectivity index (χ3n) is 6.51. The Kier molecular flexibility index (Phi) is 6.77. The van der Waals surface area contributed by atoms with Crippen molar-refractivity contribution in [2.75, 3.05) is 11.4 Å². The lowest BCUT2D eigenvalue weighted by Crippen LogP contribution is -2.41. The lowest BCUT2D eigenvalue weighted by Gasteiger charge is -2.30. The molecule has 4 nitrogen and oxygen atoms in total. The van der Waals surface area contributed by atoms with E-state index in [4.69, 9.17) is 16.6 Å². The van der Waals surface area contributed by atoms with Crippen LogP contribution in [0.2, 0.25) is 5.02 Å². The van der Waals surface area contributed by atoms with E-state index in [1.165, 1.54) is 19.3 Å². The third kappa shape index (κ3) is 4.45. The van der Waals surface area contributed by atoms with E-state index >= 15 is 0 Å². The van der Waals surface area contributed by atoms with Crippen LogP contribution >= 0.6 is 35.1 Å². The van der Waals surface area contributed by atoms with Crippen LogP contribution in [0.15, 0.2) is 68.4 Å². The molecule has 33 heavy (non-hydrogen) atoms. The standard InChI is InChI=1S/C26H28ClN3OS2/c1-3-29-21-16-19(27)14-15-22(21)32-25(29)23-24(31)30(20-12-8-5-9-13-20)26(33-23)28-17(2)18-10-6-4-7-11-18/h4,6-7,10-11,14-17,20H,3,5,8-9,12-13H2,1-2H3. The Morgan fingerprint density at radius 1 is 1.09 bits per heavy atom. The first kappa shape index (κ1) is 22.9. The molecule has 1 unspecified atom stereocenters. The fourth-order valence-electron chi connectivity index (χ4n) is 4.78. The van der Waals surface area contributed by atoms with Gasteiger partial charge in [-0.25, -0.2) is 0 Å². The van der Waals surface area contributed by atoms with E-state index in [0.29, 0.717) is 5.02 Å². The summed E-state index contributed by atoms with van der Waals surface area (Å²) in [6, 6.07) is 16.5. The molecule has 2 aromatic rings. The Morgan fingerprint density at radius 2 is 1.85 bits per heavy atom. The smallest absolute Gasteiger partial charge is 0.269 e. The maximum Gasteiger partial charge on any atom is 0.269 e. The van der Waals surface area contributed by atoms with Crippen LogP contribution in [0.4, 0.5) is 5.69 Å². The summed E-state index contributed by atoms with van der Waals surface area (Å²) in [6.07, 6.45) is 5.70. The summed E-state index contributed by atoms with van der Waals surface area (Å²) in [5, 5.41) is 2.56. The minimum atomic E-state index is -0.00791. The summed E-state index contributed by atoms with van der Waals surface area (Å²) in [5.41, 5.74) is 2.24. The number of carbonyl (C=O) groups excluding carboxylic acids is 1. The molecule has 2 aliphatic heterocycles. The number of amides is 1. The molecule has 0 bridgehead atoms. The number of halogens is 1. The first-order chi connectivity index (χ1) is 16.1. The summed E-state index contributed by atoms with van der Waals surface area (Å²) in [6.45, 7) is 5.01. The number of carbonyl (C=O) groups is 1. The van der Waals surface area contributed by atoms with Crippen LogP contribution in [0.3, 0.4) is 0 Å². The van der Waals surface area contributed by atoms with Crippen LogP contribution in [-0.4, -0.2) is 28.6 Å². The molecule has 7 heteroatoms. The number of nitrogens with zero attached hydrogens (tertiary/aromatic N) is 3. The van der Waals surface area contributed by atoms with Crippen molar-refractivity contribution in [3.63, 3.8) is 0 Å². The summed E-state index contributed by atoms with van der Waals surface area (Å²) < 4.78 is 0. The van der Waals surface area contributed by atoms with E-state index in [1.807, 2.05) is 41.3 Å². The van der Waals surface area contributed by atoms with E-state index < -0.39 is 0 Å². The van der Waals surface area contributed by atoms with Crippen molar-refractivity contribution in [2.45, 2.75) is 62.9 Å². The molecule has 2 heterocycles. The van der Waals surface area contributed by atoms with Gasteiger partial charge < -0.3 is 4.90 Å². The van der Waals surface area contributed by atoms with Crippen LogP contribution in [-0.2, 0) is 4.79 Å². The van der Waals surface area contributed by atoms with Crippen molar-refractivity contribution < 1.29 is 4.79 Å². The van der Waals surface area contributed by atoms with Crippen molar-refractivity contribution in [2.24, 2.45) is 4.99 Å². The molecule has 1 amide bonds. The number of fused-ring (bicyclic) bond motifs is 1. The van der Waals surface area contributed by atoms with Crippen LogP contribution in [0.1, 0.15) is 57.6 Å². The summed E-state index contributed by atoms with van der Waals surface area (Å²) in [5.74, 6) is 0.103. The van der Waals surface area contributed by atoms with E-state index in [1.54, 1.807) is 23.5 Å². The first-order valence-electron chi connectivity index (χ1n) is 11.7. The Balaban J connectivity index is 1.54. The number of thioether (sulfide) groups is 2. The SMILES string of the molecule is CCN1C(=C2SC(=NC(C)c3ccccc3)N(C3CCCCC3)C2=O)Sc2ccc(Cl)cc21. The number of anilines is 1. The molecule has 172 valence electrons. The van der Waals surface area contributed by atoms with Gasteiger partial charge in [0.15, 0.2) is 5.17 Å². The molecule has 2 aromatic carbocycles. The largest absolute Gasteiger partial charge is 0.334 e. The molecule has 3 aliphatic rings. The number of benzene rings is 2. The number of amidine groups is 1. The van der Waals surface area contributed by atoms with E-state index in [-0.39, 0.29) is 18.0 Å². The maximum atomic E-state index is 13.9. The maximum absolute atomic E-state index is 13.9. The second-order valence-electron chi connectivity index (χ2n) is 8.66. The highest BCUT2D eigenvalue weighted by atomic mass is 35.5. The van der Waals surface area contributed by atoms with Crippen molar-refractivity contribution in [3.8, 4) is 0 Å². The number of hydrogen-bond donors (Lipinski definition) is 0. The van der Waals surface area contributed by atoms with Gasteiger partial charge in [-0.1, -0.05) is 73.0 Å². The molecule has 0 N–H and O–H groups in total. The predicted octanol–water partition coefficient (Wildman–Crippen LogP) is 7.47. The number of rotatable bonds is 4. The summed E-state index contributed by atoms with van der Waals surface area (Å²) in [4.78, 5) is 25.2. The van der Waals surface area contributed by atoms with Gasteiger partial charge in [0.2, 0.25) is 0 Å². The van der Waals surface area contributed by atoms with Gasteiger partial charge in [0, 0.05) is 22.5 Å². The van der Waals surface area contributed by atoms with Gasteiger partial charge in [0.1, 0.15) is 9.93 Å². The first-order valence-corrected chi connectivity index (χ1v) is 13.7. The second-order valence-corrected chi connectivity index (χ2v) is 11.1. The van der Waals surface area contributed by atoms with Gasteiger partial charge >= 0.3 is 0 Å². The fraction of sp³-hybridized carbons (Fsp3) is 0.385. The van der Waals surface area contributed by atoms with Crippen LogP contribution in [0, 0.1) is 0 Å². The van der Waals surface area contributed by atoms with Gasteiger partial charge in [-0.05, 0) is 62.2 Å². The topological polar surface area (TPSA) is 35.9 Å². The van der Waals surface area contributed by atoms with Gasteiger partial charge in [0.25, 0.3) is 5.91 Å². The van der Waals surface area contributed by atoms with Crippen LogP contribution in [0.5, 0.6) is 0 Å². The minimum Gasteiger partial charge on any atom is -0.334 e. The molecule has 1 saturated carbocycles. The highest BCUT2D eigenvalue weighted by Crippen LogP contribution is 2.52. The monoisotopic (exact) mass is 497 g/mol. The highest BCUT2D eigenvalue weighted by molar-refractivity contribution is 8.19. The van der Waals surface area contributed by atoms with Gasteiger partial charge in [-0.3, -0.25) is 14.7 Å². The molecule has 1 aliphatic carbocycles. The van der Waals surface area contributed by atoms with Gasteiger partial charge in [-0.2, -0.15) is 0 Å². The molecule has 2 fully saturated rings. The third-order valence-corrected chi connectivity index (χ3v) is 9.12. The average molecular weight is 498 g/mol. The Labute approximate surface area is 209 Å². The van der Waals surface area contributed by atoms with E-state index in [9.17, 15) is 4.79 Å². The normalized spacial score (nSPS) is 23.5. The molecule has 0 radical (unpaired) electrons. The fourth-order valence-corrected chi connectivity index (χ4v) is 7.44. The van der Waals surface area contributed by atoms with Crippen LogP contribution in [0.25, 0.3) is 0 Å². The molecule has 0 spiro atoms. The molecule has 1 atom stereocenters. The molecular weight excluding hydrogens is 470 g/mol. The molecule has 0 aromatic heterocycles. The van der Waals surface area contributed by atoms with Crippen LogP contribution < -0.4 is 4.90 Å². The van der Waals surface area contributed by atoms with Crippen molar-refractivity contribution in [1.29, 1.82) is 0 Å². The molecular formula is C26H28ClN3OS2. The average Bonchev–Trinajstić information content (AvgIpc) is 3.36. The van der Waals surface area contributed by atoms with Gasteiger partial charge in [0.05, 0.1) is 11.7 Å². The van der Waals surface area contributed by atoms with Crippen molar-refractivity contribution in [1.82, 2.24) is 4.90 Å². The number of aliphatic imine (C=N–C) groups is 1. The Bertz CT molecular complexity index is 1110.